The Labute approximate surface area is 330 Å². The van der Waals surface area contributed by atoms with E-state index in [0.29, 0.717) is 17.5 Å². The van der Waals surface area contributed by atoms with E-state index >= 15 is 0 Å². The fourth-order valence-electron chi connectivity index (χ4n) is 8.32. The first-order valence-corrected chi connectivity index (χ1v) is 19.8. The maximum Gasteiger partial charge on any atom is 0.164 e. The first kappa shape index (κ1) is 31.9. The van der Waals surface area contributed by atoms with Gasteiger partial charge in [-0.1, -0.05) is 121 Å². The average molecular weight is 747 g/mol. The van der Waals surface area contributed by atoms with Crippen LogP contribution in [0.5, 0.6) is 0 Å². The predicted octanol–water partition coefficient (Wildman–Crippen LogP) is 13.9. The van der Waals surface area contributed by atoms with Gasteiger partial charge < -0.3 is 8.98 Å². The van der Waals surface area contributed by atoms with Crippen molar-refractivity contribution in [3.05, 3.63) is 182 Å². The van der Waals surface area contributed by atoms with Crippen molar-refractivity contribution in [2.45, 2.75) is 0 Å². The number of hydrogen-bond acceptors (Lipinski definition) is 5. The molecule has 0 spiro atoms. The number of aromatic nitrogens is 4. The number of para-hydroxylation sites is 2. The van der Waals surface area contributed by atoms with Crippen molar-refractivity contribution in [1.82, 2.24) is 19.5 Å². The Kier molecular flexibility index (Phi) is 7.03. The number of nitrogens with zero attached hydrogens (tertiary/aromatic N) is 4. The second-order valence-electron chi connectivity index (χ2n) is 14.4. The van der Waals surface area contributed by atoms with Crippen LogP contribution in [-0.4, -0.2) is 19.5 Å². The van der Waals surface area contributed by atoms with Crippen LogP contribution in [0.25, 0.3) is 115 Å². The average Bonchev–Trinajstić information content (AvgIpc) is 3.95. The predicted molar refractivity (Wildman–Crippen MR) is 236 cm³/mol. The fourth-order valence-corrected chi connectivity index (χ4v) is 9.44. The summed E-state index contributed by atoms with van der Waals surface area (Å²) in [5.74, 6) is 1.97. The van der Waals surface area contributed by atoms with Crippen LogP contribution >= 0.6 is 11.3 Å². The van der Waals surface area contributed by atoms with Crippen LogP contribution in [0.2, 0.25) is 0 Å². The first-order valence-electron chi connectivity index (χ1n) is 19.0. The molecule has 4 aromatic heterocycles. The van der Waals surface area contributed by atoms with Crippen molar-refractivity contribution < 1.29 is 4.42 Å². The number of hydrogen-bond donors (Lipinski definition) is 0. The molecule has 266 valence electrons. The molecular weight excluding hydrogens is 717 g/mol. The second kappa shape index (κ2) is 12.6. The Morgan fingerprint density at radius 2 is 0.877 bits per heavy atom. The summed E-state index contributed by atoms with van der Waals surface area (Å²) in [5.41, 5.74) is 10.5. The van der Waals surface area contributed by atoms with Crippen LogP contribution in [0.15, 0.2) is 186 Å². The van der Waals surface area contributed by atoms with Crippen molar-refractivity contribution >= 4 is 75.3 Å². The number of fused-ring (bicyclic) bond motifs is 9. The molecule has 4 heterocycles. The molecule has 8 aromatic carbocycles. The minimum Gasteiger partial charge on any atom is -0.456 e. The third-order valence-corrected chi connectivity index (χ3v) is 12.2. The molecule has 0 atom stereocenters. The summed E-state index contributed by atoms with van der Waals surface area (Å²) in [7, 11) is 0. The Hall–Kier alpha value is -7.41. The lowest BCUT2D eigenvalue weighted by atomic mass is 10.0. The Bertz CT molecular complexity index is 3420. The molecule has 0 fully saturated rings. The molecule has 0 bridgehead atoms. The van der Waals surface area contributed by atoms with Gasteiger partial charge in [-0.05, 0) is 71.8 Å². The highest BCUT2D eigenvalue weighted by molar-refractivity contribution is 7.25. The molecule has 0 aliphatic carbocycles. The maximum atomic E-state index is 6.40. The number of rotatable bonds is 5. The number of thiophene rings is 1. The van der Waals surface area contributed by atoms with Crippen LogP contribution in [0.1, 0.15) is 0 Å². The Balaban J connectivity index is 0.948. The molecule has 5 nitrogen and oxygen atoms in total. The quantitative estimate of drug-likeness (QED) is 0.176. The molecule has 0 radical (unpaired) electrons. The molecule has 0 saturated heterocycles. The van der Waals surface area contributed by atoms with E-state index in [1.54, 1.807) is 11.3 Å². The van der Waals surface area contributed by atoms with E-state index in [0.717, 1.165) is 49.9 Å². The van der Waals surface area contributed by atoms with Gasteiger partial charge in [0.1, 0.15) is 11.2 Å². The van der Waals surface area contributed by atoms with Crippen LogP contribution < -0.4 is 0 Å². The highest BCUT2D eigenvalue weighted by atomic mass is 32.1. The van der Waals surface area contributed by atoms with Crippen molar-refractivity contribution in [1.29, 1.82) is 0 Å². The molecule has 57 heavy (non-hydrogen) atoms. The molecule has 0 unspecified atom stereocenters. The van der Waals surface area contributed by atoms with Gasteiger partial charge in [-0.25, -0.2) is 15.0 Å². The van der Waals surface area contributed by atoms with Crippen LogP contribution in [-0.2, 0) is 0 Å². The molecule has 12 rings (SSSR count). The molecule has 0 amide bonds. The molecule has 0 aliphatic rings. The Morgan fingerprint density at radius 3 is 1.54 bits per heavy atom. The minimum atomic E-state index is 0.657. The highest BCUT2D eigenvalue weighted by Crippen LogP contribution is 2.41. The van der Waals surface area contributed by atoms with E-state index in [9.17, 15) is 0 Å². The Morgan fingerprint density at radius 1 is 0.351 bits per heavy atom. The molecular formula is C51H30N4OS. The standard InChI is InChI=1S/C51H30N4OS/c1-3-11-31(12-4-1)49-52-50(32-13-5-2-6-14-32)54-51(53-49)35-19-23-39-42-28-34(21-26-47(42)57-48(39)29-35)33-20-24-45-40(27-33)41-30-36(22-25-46(41)56-45)55-43-17-9-7-15-37(43)38-16-8-10-18-44(38)55/h1-30H. The third kappa shape index (κ3) is 5.19. The zero-order chi connectivity index (χ0) is 37.5. The van der Waals surface area contributed by atoms with E-state index in [4.69, 9.17) is 19.4 Å². The van der Waals surface area contributed by atoms with Gasteiger partial charge in [-0.2, -0.15) is 0 Å². The second-order valence-corrected chi connectivity index (χ2v) is 15.5. The monoisotopic (exact) mass is 746 g/mol. The smallest absolute Gasteiger partial charge is 0.164 e. The number of furan rings is 1. The third-order valence-electron chi connectivity index (χ3n) is 11.1. The van der Waals surface area contributed by atoms with Crippen molar-refractivity contribution in [2.75, 3.05) is 0 Å². The zero-order valence-electron chi connectivity index (χ0n) is 30.4. The van der Waals surface area contributed by atoms with Crippen molar-refractivity contribution in [3.63, 3.8) is 0 Å². The molecule has 0 N–H and O–H groups in total. The van der Waals surface area contributed by atoms with Gasteiger partial charge in [0.15, 0.2) is 17.5 Å². The van der Waals surface area contributed by atoms with Gasteiger partial charge in [-0.3, -0.25) is 0 Å². The molecule has 0 aliphatic heterocycles. The lowest BCUT2D eigenvalue weighted by Crippen LogP contribution is -1.99. The summed E-state index contributed by atoms with van der Waals surface area (Å²) in [6, 6.07) is 63.9. The van der Waals surface area contributed by atoms with Gasteiger partial charge in [-0.15, -0.1) is 11.3 Å². The van der Waals surface area contributed by atoms with Gasteiger partial charge in [0.25, 0.3) is 0 Å². The van der Waals surface area contributed by atoms with E-state index in [-0.39, 0.29) is 0 Å². The molecule has 6 heteroatoms. The summed E-state index contributed by atoms with van der Waals surface area (Å²) >= 11 is 1.79. The number of benzene rings is 8. The topological polar surface area (TPSA) is 56.7 Å². The summed E-state index contributed by atoms with van der Waals surface area (Å²) in [6.45, 7) is 0. The minimum absolute atomic E-state index is 0.657. The lowest BCUT2D eigenvalue weighted by molar-refractivity contribution is 0.669. The van der Waals surface area contributed by atoms with Gasteiger partial charge in [0.2, 0.25) is 0 Å². The summed E-state index contributed by atoms with van der Waals surface area (Å²) < 4.78 is 11.2. The van der Waals surface area contributed by atoms with Crippen LogP contribution in [0, 0.1) is 0 Å². The van der Waals surface area contributed by atoms with E-state index in [1.165, 1.54) is 47.5 Å². The van der Waals surface area contributed by atoms with Gasteiger partial charge >= 0.3 is 0 Å². The van der Waals surface area contributed by atoms with Gasteiger partial charge in [0, 0.05) is 64.1 Å². The fraction of sp³-hybridized carbons (Fsp3) is 0. The van der Waals surface area contributed by atoms with Crippen molar-refractivity contribution in [3.8, 4) is 51.0 Å². The van der Waals surface area contributed by atoms with Crippen LogP contribution in [0.3, 0.4) is 0 Å². The van der Waals surface area contributed by atoms with E-state index in [2.05, 4.69) is 126 Å². The molecule has 0 saturated carbocycles. The normalized spacial score (nSPS) is 11.9. The van der Waals surface area contributed by atoms with E-state index < -0.39 is 0 Å². The van der Waals surface area contributed by atoms with Crippen molar-refractivity contribution in [2.24, 2.45) is 0 Å². The summed E-state index contributed by atoms with van der Waals surface area (Å²) in [5, 5.41) is 7.15. The summed E-state index contributed by atoms with van der Waals surface area (Å²) in [6.07, 6.45) is 0. The zero-order valence-corrected chi connectivity index (χ0v) is 31.2. The van der Waals surface area contributed by atoms with Crippen LogP contribution in [0.4, 0.5) is 0 Å². The van der Waals surface area contributed by atoms with E-state index in [1.807, 2.05) is 60.7 Å². The highest BCUT2D eigenvalue weighted by Gasteiger charge is 2.17. The first-order chi connectivity index (χ1) is 28.2. The SMILES string of the molecule is c1ccc(-c2nc(-c3ccccc3)nc(-c3ccc4c(c3)sc3ccc(-c5ccc6oc7ccc(-n8c9ccccc9c9ccccc98)cc7c6c5)cc34)n2)cc1. The van der Waals surface area contributed by atoms with Gasteiger partial charge in [0.05, 0.1) is 11.0 Å². The maximum absolute atomic E-state index is 6.40. The lowest BCUT2D eigenvalue weighted by Gasteiger charge is -2.08. The largest absolute Gasteiger partial charge is 0.456 e. The molecule has 12 aromatic rings. The summed E-state index contributed by atoms with van der Waals surface area (Å²) in [4.78, 5) is 14.8.